The minimum atomic E-state index is -0.424. The summed E-state index contributed by atoms with van der Waals surface area (Å²) in [5.74, 6) is -0.681. The quantitative estimate of drug-likeness (QED) is 0.473. The van der Waals surface area contributed by atoms with Crippen LogP contribution in [-0.2, 0) is 11.3 Å². The number of nitrogens with zero attached hydrogens (tertiary/aromatic N) is 2. The van der Waals surface area contributed by atoms with Crippen molar-refractivity contribution in [2.45, 2.75) is 13.5 Å². The molecule has 4 rings (SSSR count). The van der Waals surface area contributed by atoms with E-state index in [-0.39, 0.29) is 12.3 Å². The fourth-order valence-electron chi connectivity index (χ4n) is 3.29. The van der Waals surface area contributed by atoms with Crippen LogP contribution in [0.2, 0.25) is 0 Å². The van der Waals surface area contributed by atoms with Crippen LogP contribution in [0.3, 0.4) is 0 Å². The molecule has 0 N–H and O–H groups in total. The number of para-hydroxylation sites is 1. The van der Waals surface area contributed by atoms with E-state index in [0.717, 1.165) is 39.7 Å². The van der Waals surface area contributed by atoms with Gasteiger partial charge < -0.3 is 4.57 Å². The topological polar surface area (TPSA) is 59.4 Å². The van der Waals surface area contributed by atoms with Gasteiger partial charge in [0.05, 0.1) is 11.4 Å². The Balaban J connectivity index is 1.62. The first-order valence-corrected chi connectivity index (χ1v) is 9.81. The van der Waals surface area contributed by atoms with Crippen LogP contribution < -0.4 is 0 Å². The van der Waals surface area contributed by atoms with Gasteiger partial charge in [0.25, 0.3) is 11.1 Å². The van der Waals surface area contributed by atoms with E-state index >= 15 is 0 Å². The molecular formula is C22H18N2O3S. The van der Waals surface area contributed by atoms with E-state index in [1.807, 2.05) is 36.5 Å². The number of imide groups is 1. The van der Waals surface area contributed by atoms with Crippen molar-refractivity contribution in [3.05, 3.63) is 76.8 Å². The Bertz CT molecular complexity index is 1120. The first kappa shape index (κ1) is 18.3. The summed E-state index contributed by atoms with van der Waals surface area (Å²) < 4.78 is 2.10. The second-order valence-corrected chi connectivity index (χ2v) is 7.44. The largest absolute Gasteiger partial charge is 0.347 e. The summed E-state index contributed by atoms with van der Waals surface area (Å²) in [7, 11) is 0. The molecule has 0 radical (unpaired) electrons. The Morgan fingerprint density at radius 3 is 2.50 bits per heavy atom. The standard InChI is InChI=1S/C22H18N2O3S/c1-2-23-13-16(17-10-6-7-11-18(17)23)12-20-21(26)24(22(27)28-20)14-19(25)15-8-4-3-5-9-15/h3-13H,2,14H2,1H3/b20-12-. The molecule has 1 aliphatic rings. The van der Waals surface area contributed by atoms with Gasteiger partial charge in [-0.05, 0) is 30.8 Å². The Morgan fingerprint density at radius 2 is 1.75 bits per heavy atom. The first-order chi connectivity index (χ1) is 13.6. The van der Waals surface area contributed by atoms with E-state index in [0.29, 0.717) is 10.5 Å². The Labute approximate surface area is 166 Å². The van der Waals surface area contributed by atoms with Gasteiger partial charge in [-0.2, -0.15) is 0 Å². The fourth-order valence-corrected chi connectivity index (χ4v) is 4.12. The van der Waals surface area contributed by atoms with Gasteiger partial charge in [0.2, 0.25) is 0 Å². The number of hydrogen-bond donors (Lipinski definition) is 0. The van der Waals surface area contributed by atoms with Crippen LogP contribution in [0.15, 0.2) is 65.7 Å². The summed E-state index contributed by atoms with van der Waals surface area (Å²) in [4.78, 5) is 38.9. The van der Waals surface area contributed by atoms with Crippen molar-refractivity contribution in [3.8, 4) is 0 Å². The molecule has 0 unspecified atom stereocenters. The van der Waals surface area contributed by atoms with Gasteiger partial charge in [-0.1, -0.05) is 48.5 Å². The van der Waals surface area contributed by atoms with E-state index in [1.165, 1.54) is 0 Å². The number of fused-ring (bicyclic) bond motifs is 1. The summed E-state index contributed by atoms with van der Waals surface area (Å²) in [5, 5.41) is 0.608. The van der Waals surface area contributed by atoms with Gasteiger partial charge in [0.15, 0.2) is 5.78 Å². The molecule has 3 aromatic rings. The first-order valence-electron chi connectivity index (χ1n) is 9.00. The smallest absolute Gasteiger partial charge is 0.293 e. The number of amides is 2. The number of carbonyl (C=O) groups excluding carboxylic acids is 3. The summed E-state index contributed by atoms with van der Waals surface area (Å²) in [6, 6.07) is 16.6. The molecule has 0 saturated carbocycles. The lowest BCUT2D eigenvalue weighted by atomic mass is 10.1. The minimum Gasteiger partial charge on any atom is -0.347 e. The molecule has 0 atom stereocenters. The average Bonchev–Trinajstić information content (AvgIpc) is 3.21. The van der Waals surface area contributed by atoms with Crippen LogP contribution >= 0.6 is 11.8 Å². The summed E-state index contributed by atoms with van der Waals surface area (Å²) >= 11 is 0.876. The number of benzene rings is 2. The van der Waals surface area contributed by atoms with Crippen LogP contribution in [0.4, 0.5) is 4.79 Å². The highest BCUT2D eigenvalue weighted by molar-refractivity contribution is 8.18. The summed E-state index contributed by atoms with van der Waals surface area (Å²) in [5.41, 5.74) is 2.45. The Hall–Kier alpha value is -3.12. The number of ketones is 1. The van der Waals surface area contributed by atoms with Crippen LogP contribution in [0, 0.1) is 0 Å². The molecule has 1 saturated heterocycles. The number of carbonyl (C=O) groups is 3. The molecule has 28 heavy (non-hydrogen) atoms. The maximum Gasteiger partial charge on any atom is 0.293 e. The third-order valence-electron chi connectivity index (χ3n) is 4.72. The highest BCUT2D eigenvalue weighted by Crippen LogP contribution is 2.34. The number of thioether (sulfide) groups is 1. The number of aryl methyl sites for hydroxylation is 1. The molecule has 0 spiro atoms. The van der Waals surface area contributed by atoms with E-state index in [2.05, 4.69) is 11.5 Å². The number of Topliss-reactive ketones (excluding diaryl/α,β-unsaturated/α-hetero) is 1. The zero-order valence-electron chi connectivity index (χ0n) is 15.3. The highest BCUT2D eigenvalue weighted by Gasteiger charge is 2.36. The molecule has 2 heterocycles. The number of aromatic nitrogens is 1. The van der Waals surface area contributed by atoms with E-state index in [1.54, 1.807) is 30.3 Å². The van der Waals surface area contributed by atoms with Crippen molar-refractivity contribution < 1.29 is 14.4 Å². The second-order valence-electron chi connectivity index (χ2n) is 6.44. The van der Waals surface area contributed by atoms with Crippen molar-refractivity contribution in [1.82, 2.24) is 9.47 Å². The molecule has 6 heteroatoms. The van der Waals surface area contributed by atoms with Gasteiger partial charge >= 0.3 is 0 Å². The average molecular weight is 390 g/mol. The molecule has 1 fully saturated rings. The van der Waals surface area contributed by atoms with Crippen molar-refractivity contribution in [2.75, 3.05) is 6.54 Å². The SMILES string of the molecule is CCn1cc(/C=C2\SC(=O)N(CC(=O)c3ccccc3)C2=O)c2ccccc21. The lowest BCUT2D eigenvalue weighted by Gasteiger charge is -2.11. The molecule has 0 bridgehead atoms. The maximum atomic E-state index is 12.8. The second kappa shape index (κ2) is 7.48. The van der Waals surface area contributed by atoms with E-state index < -0.39 is 11.1 Å². The van der Waals surface area contributed by atoms with E-state index in [4.69, 9.17) is 0 Å². The molecule has 5 nitrogen and oxygen atoms in total. The third kappa shape index (κ3) is 3.27. The number of hydrogen-bond acceptors (Lipinski definition) is 4. The van der Waals surface area contributed by atoms with E-state index in [9.17, 15) is 14.4 Å². The zero-order valence-corrected chi connectivity index (χ0v) is 16.1. The molecule has 1 aliphatic heterocycles. The van der Waals surface area contributed by atoms with Gasteiger partial charge in [0, 0.05) is 34.8 Å². The molecule has 2 amide bonds. The molecule has 140 valence electrons. The third-order valence-corrected chi connectivity index (χ3v) is 5.63. The van der Waals surface area contributed by atoms with Crippen molar-refractivity contribution in [2.24, 2.45) is 0 Å². The van der Waals surface area contributed by atoms with Gasteiger partial charge in [-0.15, -0.1) is 0 Å². The maximum absolute atomic E-state index is 12.8. The minimum absolute atomic E-state index is 0.247. The highest BCUT2D eigenvalue weighted by atomic mass is 32.2. The van der Waals surface area contributed by atoms with Crippen LogP contribution in [0.25, 0.3) is 17.0 Å². The monoisotopic (exact) mass is 390 g/mol. The fraction of sp³-hybridized carbons (Fsp3) is 0.136. The molecule has 0 aliphatic carbocycles. The van der Waals surface area contributed by atoms with Gasteiger partial charge in [0.1, 0.15) is 0 Å². The van der Waals surface area contributed by atoms with Crippen LogP contribution in [0.5, 0.6) is 0 Å². The number of rotatable bonds is 5. The van der Waals surface area contributed by atoms with Crippen molar-refractivity contribution in [3.63, 3.8) is 0 Å². The predicted octanol–water partition coefficient (Wildman–Crippen LogP) is 4.58. The van der Waals surface area contributed by atoms with Crippen molar-refractivity contribution in [1.29, 1.82) is 0 Å². The normalized spacial score (nSPS) is 15.8. The lowest BCUT2D eigenvalue weighted by Crippen LogP contribution is -2.33. The van der Waals surface area contributed by atoms with Gasteiger partial charge in [-0.3, -0.25) is 19.3 Å². The zero-order chi connectivity index (χ0) is 19.7. The predicted molar refractivity (Wildman–Crippen MR) is 111 cm³/mol. The van der Waals surface area contributed by atoms with Crippen molar-refractivity contribution >= 4 is 45.7 Å². The van der Waals surface area contributed by atoms with Crippen LogP contribution in [-0.4, -0.2) is 32.9 Å². The molecule has 2 aromatic carbocycles. The molecule has 1 aromatic heterocycles. The van der Waals surface area contributed by atoms with Gasteiger partial charge in [-0.25, -0.2) is 0 Å². The Kier molecular flexibility index (Phi) is 4.88. The summed E-state index contributed by atoms with van der Waals surface area (Å²) in [6.45, 7) is 2.61. The summed E-state index contributed by atoms with van der Waals surface area (Å²) in [6.07, 6.45) is 3.72. The Morgan fingerprint density at radius 1 is 1.04 bits per heavy atom. The van der Waals surface area contributed by atoms with Crippen LogP contribution in [0.1, 0.15) is 22.8 Å². The lowest BCUT2D eigenvalue weighted by molar-refractivity contribution is -0.122. The molecular weight excluding hydrogens is 372 g/mol.